The number of nitrogens with one attached hydrogen (secondary N) is 1. The van der Waals surface area contributed by atoms with E-state index in [1.54, 1.807) is 83.9 Å². The molecule has 37 heavy (non-hydrogen) atoms. The Balaban J connectivity index is 1.26. The molecule has 0 saturated carbocycles. The minimum Gasteiger partial charge on any atom is -0.385 e. The SMILES string of the molecule is [C-]#[N+]c1ccc(C2(O)CCN(C(=O)c3ccc(NS(=O)(=O)c4cccc5cccnc45)cc3)CC2)cc1. The van der Waals surface area contributed by atoms with Crippen molar-refractivity contribution in [2.24, 2.45) is 0 Å². The summed E-state index contributed by atoms with van der Waals surface area (Å²) in [6, 6.07) is 21.7. The number of nitrogens with zero attached hydrogens (tertiary/aromatic N) is 3. The van der Waals surface area contributed by atoms with Gasteiger partial charge in [-0.15, -0.1) is 0 Å². The number of likely N-dealkylation sites (tertiary alicyclic amines) is 1. The summed E-state index contributed by atoms with van der Waals surface area (Å²) in [5.41, 5.74) is 1.36. The van der Waals surface area contributed by atoms with Gasteiger partial charge in [0, 0.05) is 35.9 Å². The minimum atomic E-state index is -3.89. The summed E-state index contributed by atoms with van der Waals surface area (Å²) in [6.07, 6.45) is 2.31. The first-order chi connectivity index (χ1) is 17.8. The molecule has 2 heterocycles. The summed E-state index contributed by atoms with van der Waals surface area (Å²) in [7, 11) is -3.89. The van der Waals surface area contributed by atoms with Crippen LogP contribution >= 0.6 is 0 Å². The maximum Gasteiger partial charge on any atom is 0.264 e. The van der Waals surface area contributed by atoms with E-state index in [0.29, 0.717) is 48.4 Å². The zero-order valence-corrected chi connectivity index (χ0v) is 20.6. The summed E-state index contributed by atoms with van der Waals surface area (Å²) in [5, 5.41) is 11.8. The lowest BCUT2D eigenvalue weighted by Crippen LogP contribution is -2.45. The van der Waals surface area contributed by atoms with E-state index in [1.165, 1.54) is 6.07 Å². The van der Waals surface area contributed by atoms with Crippen LogP contribution in [0.25, 0.3) is 15.7 Å². The van der Waals surface area contributed by atoms with Crippen LogP contribution in [0.2, 0.25) is 0 Å². The van der Waals surface area contributed by atoms with Gasteiger partial charge in [-0.05, 0) is 54.8 Å². The van der Waals surface area contributed by atoms with Crippen molar-refractivity contribution in [2.45, 2.75) is 23.3 Å². The molecule has 8 nitrogen and oxygen atoms in total. The first-order valence-electron chi connectivity index (χ1n) is 11.8. The van der Waals surface area contributed by atoms with Gasteiger partial charge in [-0.2, -0.15) is 0 Å². The Morgan fingerprint density at radius 2 is 1.65 bits per heavy atom. The van der Waals surface area contributed by atoms with Crippen molar-refractivity contribution in [1.29, 1.82) is 0 Å². The Morgan fingerprint density at radius 3 is 2.32 bits per heavy atom. The largest absolute Gasteiger partial charge is 0.385 e. The summed E-state index contributed by atoms with van der Waals surface area (Å²) >= 11 is 0. The molecule has 0 aliphatic carbocycles. The van der Waals surface area contributed by atoms with Gasteiger partial charge in [0.05, 0.1) is 17.7 Å². The van der Waals surface area contributed by atoms with Crippen molar-refractivity contribution in [3.8, 4) is 0 Å². The number of anilines is 1. The van der Waals surface area contributed by atoms with Crippen LogP contribution in [0.3, 0.4) is 0 Å². The molecule has 0 atom stereocenters. The van der Waals surface area contributed by atoms with Crippen molar-refractivity contribution >= 4 is 38.2 Å². The molecular formula is C28H24N4O4S. The third-order valence-corrected chi connectivity index (χ3v) is 8.09. The van der Waals surface area contributed by atoms with Gasteiger partial charge in [0.2, 0.25) is 0 Å². The van der Waals surface area contributed by atoms with Crippen molar-refractivity contribution in [3.05, 3.63) is 108 Å². The molecule has 2 N–H and O–H groups in total. The van der Waals surface area contributed by atoms with Crippen molar-refractivity contribution < 1.29 is 18.3 Å². The predicted octanol–water partition coefficient (Wildman–Crippen LogP) is 4.71. The normalized spacial score (nSPS) is 15.2. The zero-order valence-electron chi connectivity index (χ0n) is 19.8. The second-order valence-electron chi connectivity index (χ2n) is 9.00. The molecule has 0 spiro atoms. The van der Waals surface area contributed by atoms with Crippen LogP contribution in [-0.2, 0) is 15.6 Å². The number of rotatable bonds is 5. The number of piperidine rings is 1. The van der Waals surface area contributed by atoms with E-state index in [0.717, 1.165) is 10.9 Å². The lowest BCUT2D eigenvalue weighted by molar-refractivity contribution is -0.0211. The van der Waals surface area contributed by atoms with Crippen LogP contribution in [-0.4, -0.2) is 42.4 Å². The average Bonchev–Trinajstić information content (AvgIpc) is 2.93. The molecule has 3 aromatic carbocycles. The quantitative estimate of drug-likeness (QED) is 0.377. The predicted molar refractivity (Wildman–Crippen MR) is 141 cm³/mol. The molecule has 0 unspecified atom stereocenters. The molecule has 9 heteroatoms. The molecule has 186 valence electrons. The molecule has 1 aliphatic rings. The van der Waals surface area contributed by atoms with Gasteiger partial charge in [0.15, 0.2) is 5.69 Å². The molecule has 4 aromatic rings. The summed E-state index contributed by atoms with van der Waals surface area (Å²) in [6.45, 7) is 7.82. The second kappa shape index (κ2) is 9.65. The number of para-hydroxylation sites is 1. The number of amides is 1. The van der Waals surface area contributed by atoms with Crippen LogP contribution in [0.1, 0.15) is 28.8 Å². The van der Waals surface area contributed by atoms with Crippen LogP contribution in [0.15, 0.2) is 90.0 Å². The second-order valence-corrected chi connectivity index (χ2v) is 10.6. The first-order valence-corrected chi connectivity index (χ1v) is 13.2. The fraction of sp³-hybridized carbons (Fsp3) is 0.179. The highest BCUT2D eigenvalue weighted by Gasteiger charge is 2.35. The third-order valence-electron chi connectivity index (χ3n) is 6.68. The van der Waals surface area contributed by atoms with Gasteiger partial charge < -0.3 is 10.0 Å². The standard InChI is InChI=1S/C28H24N4O4S/c1-29-23-13-9-22(10-14-23)28(34)15-18-32(19-16-28)27(33)21-7-11-24(12-8-21)31-37(35,36)25-6-2-4-20-5-3-17-30-26(20)25/h2-14,17,31,34H,15-16,18-19H2. The van der Waals surface area contributed by atoms with Gasteiger partial charge in [-0.1, -0.05) is 42.5 Å². The highest BCUT2D eigenvalue weighted by molar-refractivity contribution is 7.93. The highest BCUT2D eigenvalue weighted by atomic mass is 32.2. The molecule has 0 radical (unpaired) electrons. The number of carbonyl (C=O) groups is 1. The van der Waals surface area contributed by atoms with Crippen molar-refractivity contribution in [1.82, 2.24) is 9.88 Å². The molecule has 1 aliphatic heterocycles. The molecular weight excluding hydrogens is 488 g/mol. The lowest BCUT2D eigenvalue weighted by Gasteiger charge is -2.38. The summed E-state index contributed by atoms with van der Waals surface area (Å²) < 4.78 is 28.6. The fourth-order valence-corrected chi connectivity index (χ4v) is 5.82. The van der Waals surface area contributed by atoms with Gasteiger partial charge in [-0.3, -0.25) is 14.5 Å². The Kier molecular flexibility index (Phi) is 6.38. The smallest absolute Gasteiger partial charge is 0.264 e. The van der Waals surface area contributed by atoms with Gasteiger partial charge in [0.25, 0.3) is 15.9 Å². The van der Waals surface area contributed by atoms with Crippen LogP contribution in [0.5, 0.6) is 0 Å². The van der Waals surface area contributed by atoms with E-state index >= 15 is 0 Å². The molecule has 0 bridgehead atoms. The topological polar surface area (TPSA) is 104 Å². The van der Waals surface area contributed by atoms with E-state index in [-0.39, 0.29) is 10.8 Å². The molecule has 1 saturated heterocycles. The monoisotopic (exact) mass is 512 g/mol. The number of aliphatic hydroxyl groups is 1. The van der Waals surface area contributed by atoms with Crippen LogP contribution in [0.4, 0.5) is 11.4 Å². The van der Waals surface area contributed by atoms with Gasteiger partial charge in [-0.25, -0.2) is 13.3 Å². The molecule has 1 amide bonds. The average molecular weight is 513 g/mol. The Morgan fingerprint density at radius 1 is 0.973 bits per heavy atom. The van der Waals surface area contributed by atoms with Crippen molar-refractivity contribution in [2.75, 3.05) is 17.8 Å². The maximum absolute atomic E-state index is 13.1. The Bertz CT molecular complexity index is 1600. The number of aromatic nitrogens is 1. The minimum absolute atomic E-state index is 0.0790. The lowest BCUT2D eigenvalue weighted by atomic mass is 9.84. The van der Waals surface area contributed by atoms with E-state index in [1.807, 2.05) is 0 Å². The Labute approximate surface area is 215 Å². The number of sulfonamides is 1. The van der Waals surface area contributed by atoms with Crippen molar-refractivity contribution in [3.63, 3.8) is 0 Å². The number of benzene rings is 3. The zero-order chi connectivity index (χ0) is 26.0. The van der Waals surface area contributed by atoms with E-state index in [2.05, 4.69) is 14.6 Å². The Hall–Kier alpha value is -4.26. The van der Waals surface area contributed by atoms with Gasteiger partial charge in [0.1, 0.15) is 4.90 Å². The number of carbonyl (C=O) groups excluding carboxylic acids is 1. The summed E-state index contributed by atoms with van der Waals surface area (Å²) in [5.74, 6) is -0.182. The van der Waals surface area contributed by atoms with E-state index in [9.17, 15) is 18.3 Å². The highest BCUT2D eigenvalue weighted by Crippen LogP contribution is 2.34. The third kappa shape index (κ3) is 4.89. The van der Waals surface area contributed by atoms with E-state index in [4.69, 9.17) is 6.57 Å². The van der Waals surface area contributed by atoms with Crippen LogP contribution < -0.4 is 4.72 Å². The fourth-order valence-electron chi connectivity index (χ4n) is 4.58. The molecule has 1 aromatic heterocycles. The molecule has 1 fully saturated rings. The maximum atomic E-state index is 13.1. The summed E-state index contributed by atoms with van der Waals surface area (Å²) in [4.78, 5) is 22.4. The van der Waals surface area contributed by atoms with E-state index < -0.39 is 15.6 Å². The van der Waals surface area contributed by atoms with Gasteiger partial charge >= 0.3 is 0 Å². The molecule has 5 rings (SSSR count). The number of hydrogen-bond donors (Lipinski definition) is 2. The number of fused-ring (bicyclic) bond motifs is 1. The number of hydrogen-bond acceptors (Lipinski definition) is 5. The van der Waals surface area contributed by atoms with Crippen LogP contribution in [0, 0.1) is 6.57 Å². The number of pyridine rings is 1. The first kappa shape index (κ1) is 24.4.